The molecule has 2 heterocycles. The molecule has 0 spiro atoms. The molecule has 98 valence electrons. The van der Waals surface area contributed by atoms with E-state index in [1.165, 1.54) is 6.33 Å². The Bertz CT molecular complexity index is 721. The number of H-pyrrole nitrogens is 1. The van der Waals surface area contributed by atoms with Gasteiger partial charge < -0.3 is 14.5 Å². The number of aromatic nitrogens is 3. The zero-order valence-electron chi connectivity index (χ0n) is 10.9. The molecule has 0 aliphatic rings. The summed E-state index contributed by atoms with van der Waals surface area (Å²) in [4.78, 5) is 11.8. The summed E-state index contributed by atoms with van der Waals surface area (Å²) in [5.74, 6) is 1.43. The van der Waals surface area contributed by atoms with Crippen LogP contribution in [0.2, 0.25) is 0 Å². The van der Waals surface area contributed by atoms with Gasteiger partial charge in [0, 0.05) is 10.9 Å². The monoisotopic (exact) mass is 257 g/mol. The molecule has 1 N–H and O–H groups in total. The van der Waals surface area contributed by atoms with Crippen molar-refractivity contribution in [1.82, 2.24) is 15.0 Å². The van der Waals surface area contributed by atoms with Gasteiger partial charge in [0.25, 0.3) is 0 Å². The lowest BCUT2D eigenvalue weighted by Gasteiger charge is -2.02. The molecule has 3 rings (SSSR count). The second-order valence-electron chi connectivity index (χ2n) is 4.10. The quantitative estimate of drug-likeness (QED) is 0.780. The summed E-state index contributed by atoms with van der Waals surface area (Å²) in [7, 11) is 0. The van der Waals surface area contributed by atoms with E-state index in [-0.39, 0.29) is 0 Å². The Balaban J connectivity index is 2.24. The highest BCUT2D eigenvalue weighted by Gasteiger charge is 2.11. The lowest BCUT2D eigenvalue weighted by molar-refractivity contribution is 0.330. The molecule has 0 amide bonds. The molecule has 0 saturated heterocycles. The van der Waals surface area contributed by atoms with Gasteiger partial charge in [-0.05, 0) is 32.0 Å². The maximum atomic E-state index is 5.52. The van der Waals surface area contributed by atoms with Gasteiger partial charge in [-0.1, -0.05) is 0 Å². The van der Waals surface area contributed by atoms with Crippen molar-refractivity contribution in [2.75, 3.05) is 13.2 Å². The van der Waals surface area contributed by atoms with Crippen LogP contribution in [0.5, 0.6) is 11.6 Å². The number of rotatable bonds is 4. The van der Waals surface area contributed by atoms with E-state index in [1.54, 1.807) is 0 Å². The summed E-state index contributed by atoms with van der Waals surface area (Å²) in [5.41, 5.74) is 2.68. The van der Waals surface area contributed by atoms with Crippen molar-refractivity contribution in [3.63, 3.8) is 0 Å². The third kappa shape index (κ3) is 1.97. The third-order valence-electron chi connectivity index (χ3n) is 2.91. The Kier molecular flexibility index (Phi) is 2.95. The summed E-state index contributed by atoms with van der Waals surface area (Å²) in [6.07, 6.45) is 1.52. The van der Waals surface area contributed by atoms with Gasteiger partial charge in [-0.25, -0.2) is 4.98 Å². The van der Waals surface area contributed by atoms with Crippen LogP contribution in [0.1, 0.15) is 13.8 Å². The molecule has 5 heteroatoms. The highest BCUT2D eigenvalue weighted by molar-refractivity contribution is 6.06. The van der Waals surface area contributed by atoms with E-state index in [0.717, 1.165) is 27.7 Å². The molecule has 0 atom stereocenters. The molecule has 0 bridgehead atoms. The fourth-order valence-electron chi connectivity index (χ4n) is 2.15. The third-order valence-corrected chi connectivity index (χ3v) is 2.91. The minimum atomic E-state index is 0.575. The van der Waals surface area contributed by atoms with E-state index < -0.39 is 0 Å². The Morgan fingerprint density at radius 2 is 1.95 bits per heavy atom. The number of hydrogen-bond donors (Lipinski definition) is 1. The normalized spacial score (nSPS) is 11.1. The average Bonchev–Trinajstić information content (AvgIpc) is 2.79. The first-order chi connectivity index (χ1) is 9.33. The van der Waals surface area contributed by atoms with Gasteiger partial charge in [0.15, 0.2) is 0 Å². The first kappa shape index (κ1) is 11.8. The van der Waals surface area contributed by atoms with Crippen molar-refractivity contribution in [2.24, 2.45) is 0 Å². The van der Waals surface area contributed by atoms with Crippen molar-refractivity contribution in [2.45, 2.75) is 13.8 Å². The molecule has 3 aromatic rings. The Hall–Kier alpha value is -2.30. The summed E-state index contributed by atoms with van der Waals surface area (Å²) < 4.78 is 11.0. The summed E-state index contributed by atoms with van der Waals surface area (Å²) in [6.45, 7) is 5.12. The molecular weight excluding hydrogens is 242 g/mol. The van der Waals surface area contributed by atoms with Crippen LogP contribution in [-0.4, -0.2) is 28.2 Å². The smallest absolute Gasteiger partial charge is 0.241 e. The lowest BCUT2D eigenvalue weighted by atomic mass is 10.2. The van der Waals surface area contributed by atoms with Gasteiger partial charge in [-0.15, -0.1) is 0 Å². The van der Waals surface area contributed by atoms with E-state index in [9.17, 15) is 0 Å². The van der Waals surface area contributed by atoms with Crippen LogP contribution in [0.4, 0.5) is 0 Å². The fraction of sp³-hybridized carbons (Fsp3) is 0.286. The van der Waals surface area contributed by atoms with Crippen LogP contribution < -0.4 is 9.47 Å². The Morgan fingerprint density at radius 1 is 1.11 bits per heavy atom. The van der Waals surface area contributed by atoms with Gasteiger partial charge in [-0.3, -0.25) is 0 Å². The van der Waals surface area contributed by atoms with E-state index in [2.05, 4.69) is 15.0 Å². The molecule has 0 aliphatic carbocycles. The topological polar surface area (TPSA) is 60.0 Å². The number of benzene rings is 1. The SMILES string of the molecule is CCOc1ccc2[nH]c3c(OCC)ncnc3c2c1. The van der Waals surface area contributed by atoms with E-state index in [0.29, 0.717) is 19.1 Å². The number of hydrogen-bond acceptors (Lipinski definition) is 4. The second kappa shape index (κ2) is 4.76. The number of ether oxygens (including phenoxy) is 2. The average molecular weight is 257 g/mol. The van der Waals surface area contributed by atoms with Crippen LogP contribution >= 0.6 is 0 Å². The Labute approximate surface area is 110 Å². The molecule has 0 aliphatic heterocycles. The first-order valence-corrected chi connectivity index (χ1v) is 6.35. The van der Waals surface area contributed by atoms with Gasteiger partial charge in [-0.2, -0.15) is 4.98 Å². The van der Waals surface area contributed by atoms with Crippen LogP contribution in [0.15, 0.2) is 24.5 Å². The van der Waals surface area contributed by atoms with Crippen LogP contribution in [0.3, 0.4) is 0 Å². The fourth-order valence-corrected chi connectivity index (χ4v) is 2.15. The molecule has 0 fully saturated rings. The van der Waals surface area contributed by atoms with Crippen molar-refractivity contribution < 1.29 is 9.47 Å². The molecule has 0 unspecified atom stereocenters. The van der Waals surface area contributed by atoms with Gasteiger partial charge in [0.05, 0.1) is 13.2 Å². The van der Waals surface area contributed by atoms with Crippen LogP contribution in [0, 0.1) is 0 Å². The van der Waals surface area contributed by atoms with E-state index in [4.69, 9.17) is 9.47 Å². The lowest BCUT2D eigenvalue weighted by Crippen LogP contribution is -1.95. The van der Waals surface area contributed by atoms with Crippen molar-refractivity contribution in [3.05, 3.63) is 24.5 Å². The van der Waals surface area contributed by atoms with E-state index in [1.807, 2.05) is 32.0 Å². The standard InChI is InChI=1S/C14H15N3O2/c1-3-18-9-5-6-11-10(7-9)12-13(17-11)14(19-4-2)16-8-15-12/h5-8,17H,3-4H2,1-2H3. The number of nitrogens with zero attached hydrogens (tertiary/aromatic N) is 2. The van der Waals surface area contributed by atoms with Gasteiger partial charge in [0.1, 0.15) is 23.1 Å². The zero-order valence-corrected chi connectivity index (χ0v) is 10.9. The zero-order chi connectivity index (χ0) is 13.2. The first-order valence-electron chi connectivity index (χ1n) is 6.35. The maximum absolute atomic E-state index is 5.52. The van der Waals surface area contributed by atoms with Crippen molar-refractivity contribution in [1.29, 1.82) is 0 Å². The highest BCUT2D eigenvalue weighted by atomic mass is 16.5. The summed E-state index contributed by atoms with van der Waals surface area (Å²) in [6, 6.07) is 5.91. The number of aromatic amines is 1. The largest absolute Gasteiger partial charge is 0.494 e. The molecule has 0 radical (unpaired) electrons. The molecular formula is C14H15N3O2. The minimum absolute atomic E-state index is 0.575. The summed E-state index contributed by atoms with van der Waals surface area (Å²) >= 11 is 0. The molecule has 0 saturated carbocycles. The van der Waals surface area contributed by atoms with Crippen molar-refractivity contribution in [3.8, 4) is 11.6 Å². The van der Waals surface area contributed by atoms with Crippen LogP contribution in [0.25, 0.3) is 21.9 Å². The highest BCUT2D eigenvalue weighted by Crippen LogP contribution is 2.30. The van der Waals surface area contributed by atoms with Gasteiger partial charge >= 0.3 is 0 Å². The summed E-state index contributed by atoms with van der Waals surface area (Å²) in [5, 5.41) is 1.02. The Morgan fingerprint density at radius 3 is 2.74 bits per heavy atom. The van der Waals surface area contributed by atoms with Gasteiger partial charge in [0.2, 0.25) is 5.88 Å². The van der Waals surface area contributed by atoms with Crippen molar-refractivity contribution >= 4 is 21.9 Å². The maximum Gasteiger partial charge on any atom is 0.241 e. The second-order valence-corrected chi connectivity index (χ2v) is 4.10. The molecule has 19 heavy (non-hydrogen) atoms. The minimum Gasteiger partial charge on any atom is -0.494 e. The molecule has 1 aromatic carbocycles. The predicted octanol–water partition coefficient (Wildman–Crippen LogP) is 2.91. The number of nitrogens with one attached hydrogen (secondary N) is 1. The van der Waals surface area contributed by atoms with Crippen LogP contribution in [-0.2, 0) is 0 Å². The number of fused-ring (bicyclic) bond motifs is 3. The molecule has 5 nitrogen and oxygen atoms in total. The van der Waals surface area contributed by atoms with E-state index >= 15 is 0 Å². The molecule has 2 aromatic heterocycles. The predicted molar refractivity (Wildman–Crippen MR) is 73.7 cm³/mol.